The normalized spacial score (nSPS) is 28.6. The fourth-order valence-electron chi connectivity index (χ4n) is 4.75. The Labute approximate surface area is 113 Å². The Morgan fingerprint density at radius 1 is 0.947 bits per heavy atom. The zero-order valence-electron chi connectivity index (χ0n) is 11.4. The molecule has 0 aromatic carbocycles. The summed E-state index contributed by atoms with van der Waals surface area (Å²) in [6.07, 6.45) is 12.7. The van der Waals surface area contributed by atoms with Crippen LogP contribution in [0.25, 0.3) is 0 Å². The number of hydrogen-bond donors (Lipinski definition) is 0. The standard InChI is InChI=1S/C15H21N2O2/c1-2-6-14(5-1)9-18-12-13-17(11-16(12)14)15(10-19-13)7-3-4-8-15/h11H,1-10H2/q+1. The first-order valence-electron chi connectivity index (χ1n) is 7.77. The maximum atomic E-state index is 6.04. The molecule has 1 aromatic heterocycles. The predicted octanol–water partition coefficient (Wildman–Crippen LogP) is 2.10. The number of imidazole rings is 1. The highest BCUT2D eigenvalue weighted by molar-refractivity contribution is 5.29. The molecule has 0 atom stereocenters. The van der Waals surface area contributed by atoms with Crippen LogP contribution in [0, 0.1) is 0 Å². The molecule has 2 spiro atoms. The van der Waals surface area contributed by atoms with Crippen molar-refractivity contribution in [2.24, 2.45) is 0 Å². The van der Waals surface area contributed by atoms with E-state index in [1.54, 1.807) is 0 Å². The molecule has 4 nitrogen and oxygen atoms in total. The fraction of sp³-hybridized carbons (Fsp3) is 0.800. The fourth-order valence-corrected chi connectivity index (χ4v) is 4.75. The van der Waals surface area contributed by atoms with Gasteiger partial charge < -0.3 is 9.47 Å². The van der Waals surface area contributed by atoms with Crippen molar-refractivity contribution in [1.29, 1.82) is 0 Å². The van der Waals surface area contributed by atoms with E-state index in [9.17, 15) is 0 Å². The molecule has 3 heterocycles. The zero-order chi connectivity index (χ0) is 12.5. The van der Waals surface area contributed by atoms with Gasteiger partial charge in [-0.2, -0.15) is 9.13 Å². The van der Waals surface area contributed by atoms with E-state index in [2.05, 4.69) is 15.5 Å². The molecule has 2 aliphatic carbocycles. The Morgan fingerprint density at radius 3 is 2.47 bits per heavy atom. The summed E-state index contributed by atoms with van der Waals surface area (Å²) >= 11 is 0. The van der Waals surface area contributed by atoms with Gasteiger partial charge in [0.25, 0.3) is 6.33 Å². The molecule has 102 valence electrons. The Balaban J connectivity index is 1.65. The Kier molecular flexibility index (Phi) is 1.82. The number of aromatic nitrogens is 2. The summed E-state index contributed by atoms with van der Waals surface area (Å²) in [6.45, 7) is 1.71. The van der Waals surface area contributed by atoms with Crippen LogP contribution in [0.4, 0.5) is 0 Å². The maximum absolute atomic E-state index is 6.04. The second-order valence-electron chi connectivity index (χ2n) is 6.91. The van der Waals surface area contributed by atoms with Gasteiger partial charge in [-0.1, -0.05) is 0 Å². The second kappa shape index (κ2) is 3.28. The smallest absolute Gasteiger partial charge is 0.373 e. The monoisotopic (exact) mass is 261 g/mol. The summed E-state index contributed by atoms with van der Waals surface area (Å²) in [7, 11) is 0. The molecule has 0 amide bonds. The lowest BCUT2D eigenvalue weighted by Gasteiger charge is -2.19. The predicted molar refractivity (Wildman–Crippen MR) is 68.5 cm³/mol. The van der Waals surface area contributed by atoms with Crippen molar-refractivity contribution in [3.05, 3.63) is 6.33 Å². The molecule has 0 radical (unpaired) electrons. The van der Waals surface area contributed by atoms with E-state index < -0.39 is 0 Å². The van der Waals surface area contributed by atoms with E-state index in [0.717, 1.165) is 25.0 Å². The molecule has 4 aliphatic rings. The van der Waals surface area contributed by atoms with Crippen molar-refractivity contribution in [3.8, 4) is 11.8 Å². The summed E-state index contributed by atoms with van der Waals surface area (Å²) in [4.78, 5) is 0. The largest absolute Gasteiger partial charge is 0.452 e. The van der Waals surface area contributed by atoms with Crippen molar-refractivity contribution in [1.82, 2.24) is 4.57 Å². The molecule has 4 heteroatoms. The van der Waals surface area contributed by atoms with E-state index >= 15 is 0 Å². The number of rotatable bonds is 0. The van der Waals surface area contributed by atoms with Crippen molar-refractivity contribution < 1.29 is 14.0 Å². The minimum atomic E-state index is 0.246. The van der Waals surface area contributed by atoms with Crippen LogP contribution < -0.4 is 14.0 Å². The van der Waals surface area contributed by atoms with Crippen LogP contribution >= 0.6 is 0 Å². The lowest BCUT2D eigenvalue weighted by Crippen LogP contribution is -2.52. The third-order valence-corrected chi connectivity index (χ3v) is 5.90. The zero-order valence-corrected chi connectivity index (χ0v) is 11.4. The van der Waals surface area contributed by atoms with Gasteiger partial charge in [-0.25, -0.2) is 0 Å². The first-order chi connectivity index (χ1) is 9.33. The van der Waals surface area contributed by atoms with E-state index in [0.29, 0.717) is 0 Å². The Morgan fingerprint density at radius 2 is 1.68 bits per heavy atom. The average molecular weight is 261 g/mol. The molecule has 0 N–H and O–H groups in total. The lowest BCUT2D eigenvalue weighted by atomic mass is 9.99. The van der Waals surface area contributed by atoms with Gasteiger partial charge in [0.05, 0.1) is 0 Å². The van der Waals surface area contributed by atoms with Crippen LogP contribution in [0.2, 0.25) is 0 Å². The van der Waals surface area contributed by atoms with Crippen molar-refractivity contribution in [3.63, 3.8) is 0 Å². The minimum absolute atomic E-state index is 0.246. The SMILES string of the molecule is c1n2c(c3[n+]1C1(CCCC1)CO3)OCC21CCCC1. The summed E-state index contributed by atoms with van der Waals surface area (Å²) in [6, 6.07) is 0. The van der Waals surface area contributed by atoms with Crippen LogP contribution in [0.3, 0.4) is 0 Å². The van der Waals surface area contributed by atoms with Gasteiger partial charge >= 0.3 is 11.8 Å². The molecule has 0 unspecified atom stereocenters. The molecule has 0 saturated heterocycles. The summed E-state index contributed by atoms with van der Waals surface area (Å²) in [5, 5.41) is 0. The molecule has 0 bridgehead atoms. The molecule has 1 aromatic rings. The first kappa shape index (κ1) is 10.6. The van der Waals surface area contributed by atoms with Gasteiger partial charge in [-0.3, -0.25) is 0 Å². The first-order valence-corrected chi connectivity index (χ1v) is 7.77. The van der Waals surface area contributed by atoms with Gasteiger partial charge in [0.2, 0.25) is 0 Å². The number of hydrogen-bond acceptors (Lipinski definition) is 2. The molecule has 5 rings (SSSR count). The van der Waals surface area contributed by atoms with Crippen molar-refractivity contribution >= 4 is 0 Å². The second-order valence-corrected chi connectivity index (χ2v) is 6.91. The summed E-state index contributed by atoms with van der Waals surface area (Å²) in [5.41, 5.74) is 0.492. The third kappa shape index (κ3) is 1.14. The maximum Gasteiger partial charge on any atom is 0.373 e. The summed E-state index contributed by atoms with van der Waals surface area (Å²) in [5.74, 6) is 2.01. The number of ether oxygens (including phenoxy) is 2. The van der Waals surface area contributed by atoms with E-state index in [-0.39, 0.29) is 11.1 Å². The quantitative estimate of drug-likeness (QED) is 0.669. The lowest BCUT2D eigenvalue weighted by molar-refractivity contribution is -0.745. The average Bonchev–Trinajstić information content (AvgIpc) is 3.17. The molecule has 2 aliphatic heterocycles. The Bertz CT molecular complexity index is 490. The molecule has 19 heavy (non-hydrogen) atoms. The van der Waals surface area contributed by atoms with Crippen LogP contribution in [-0.4, -0.2) is 17.8 Å². The highest BCUT2D eigenvalue weighted by Crippen LogP contribution is 2.49. The van der Waals surface area contributed by atoms with E-state index in [4.69, 9.17) is 9.47 Å². The Hall–Kier alpha value is -1.19. The van der Waals surface area contributed by atoms with Gasteiger partial charge in [0, 0.05) is 0 Å². The highest BCUT2D eigenvalue weighted by Gasteiger charge is 2.57. The van der Waals surface area contributed by atoms with Crippen LogP contribution in [0.5, 0.6) is 11.8 Å². The number of nitrogens with zero attached hydrogens (tertiary/aromatic N) is 2. The van der Waals surface area contributed by atoms with Gasteiger partial charge in [-0.15, -0.1) is 0 Å². The van der Waals surface area contributed by atoms with Crippen molar-refractivity contribution in [2.75, 3.05) is 13.2 Å². The third-order valence-electron chi connectivity index (χ3n) is 5.90. The molecular weight excluding hydrogens is 240 g/mol. The topological polar surface area (TPSA) is 27.3 Å². The van der Waals surface area contributed by atoms with E-state index in [1.165, 1.54) is 51.4 Å². The molecular formula is C15H21N2O2+. The van der Waals surface area contributed by atoms with Gasteiger partial charge in [0.15, 0.2) is 0 Å². The number of fused-ring (bicyclic) bond motifs is 5. The molecule has 2 fully saturated rings. The van der Waals surface area contributed by atoms with Crippen LogP contribution in [0.15, 0.2) is 6.33 Å². The van der Waals surface area contributed by atoms with E-state index in [1.807, 2.05) is 0 Å². The van der Waals surface area contributed by atoms with Crippen molar-refractivity contribution in [2.45, 2.75) is 62.4 Å². The van der Waals surface area contributed by atoms with Crippen LogP contribution in [0.1, 0.15) is 51.4 Å². The highest BCUT2D eigenvalue weighted by atomic mass is 16.5. The van der Waals surface area contributed by atoms with Gasteiger partial charge in [0.1, 0.15) is 24.3 Å². The summed E-state index contributed by atoms with van der Waals surface area (Å²) < 4.78 is 16.9. The van der Waals surface area contributed by atoms with Gasteiger partial charge in [-0.05, 0) is 51.4 Å². The molecule has 2 saturated carbocycles. The minimum Gasteiger partial charge on any atom is -0.452 e. The van der Waals surface area contributed by atoms with Crippen LogP contribution in [-0.2, 0) is 11.1 Å².